The fourth-order valence-corrected chi connectivity index (χ4v) is 1.69. The van der Waals surface area contributed by atoms with Crippen LogP contribution in [0.25, 0.3) is 5.69 Å². The predicted molar refractivity (Wildman–Crippen MR) is 68.3 cm³/mol. The molecular weight excluding hydrogens is 289 g/mol. The van der Waals surface area contributed by atoms with Crippen LogP contribution in [0.4, 0.5) is 0 Å². The molecule has 1 aromatic carbocycles. The lowest BCUT2D eigenvalue weighted by atomic mass is 10.3. The molecule has 1 atom stereocenters. The van der Waals surface area contributed by atoms with Crippen molar-refractivity contribution in [3.8, 4) is 5.69 Å². The van der Waals surface area contributed by atoms with E-state index in [1.807, 2.05) is 30.5 Å². The summed E-state index contributed by atoms with van der Waals surface area (Å²) in [5.41, 5.74) is 1.90. The Morgan fingerprint density at radius 3 is 2.69 bits per heavy atom. The highest BCUT2D eigenvalue weighted by atomic mass is 79.9. The average molecular weight is 301 g/mol. The molecule has 0 aliphatic rings. The number of halogens is 2. The second kappa shape index (κ2) is 4.97. The smallest absolute Gasteiger partial charge is 0.0967 e. The van der Waals surface area contributed by atoms with Crippen molar-refractivity contribution in [2.75, 3.05) is 0 Å². The Bertz CT molecular complexity index is 466. The van der Waals surface area contributed by atoms with Crippen molar-refractivity contribution in [1.29, 1.82) is 0 Å². The highest BCUT2D eigenvalue weighted by Crippen LogP contribution is 2.24. The molecule has 0 N–H and O–H groups in total. The van der Waals surface area contributed by atoms with E-state index in [1.165, 1.54) is 0 Å². The molecule has 16 heavy (non-hydrogen) atoms. The molecule has 5 heteroatoms. The van der Waals surface area contributed by atoms with Crippen LogP contribution in [0.2, 0.25) is 5.02 Å². The third-order valence-electron chi connectivity index (χ3n) is 2.28. The highest BCUT2D eigenvalue weighted by Gasteiger charge is 2.09. The summed E-state index contributed by atoms with van der Waals surface area (Å²) >= 11 is 9.37. The van der Waals surface area contributed by atoms with Gasteiger partial charge in [-0.15, -0.1) is 5.10 Å². The number of hydrogen-bond acceptors (Lipinski definition) is 2. The molecule has 0 saturated heterocycles. The van der Waals surface area contributed by atoms with Crippen LogP contribution in [0.5, 0.6) is 0 Å². The Labute approximate surface area is 108 Å². The molecule has 0 aliphatic carbocycles. The van der Waals surface area contributed by atoms with Crippen LogP contribution in [0.3, 0.4) is 0 Å². The summed E-state index contributed by atoms with van der Waals surface area (Å²) in [6, 6.07) is 7.50. The van der Waals surface area contributed by atoms with Gasteiger partial charge in [0.2, 0.25) is 0 Å². The van der Waals surface area contributed by atoms with Gasteiger partial charge in [-0.1, -0.05) is 39.7 Å². The minimum atomic E-state index is 0.258. The van der Waals surface area contributed by atoms with E-state index in [0.29, 0.717) is 0 Å². The van der Waals surface area contributed by atoms with Crippen molar-refractivity contribution in [1.82, 2.24) is 15.0 Å². The van der Waals surface area contributed by atoms with Gasteiger partial charge in [0.1, 0.15) is 0 Å². The molecule has 0 aliphatic heterocycles. The molecule has 0 spiro atoms. The lowest BCUT2D eigenvalue weighted by Gasteiger charge is -2.00. The van der Waals surface area contributed by atoms with E-state index in [4.69, 9.17) is 11.6 Å². The molecule has 1 heterocycles. The van der Waals surface area contributed by atoms with E-state index in [2.05, 4.69) is 33.2 Å². The zero-order valence-corrected chi connectivity index (χ0v) is 11.1. The molecule has 3 nitrogen and oxygen atoms in total. The van der Waals surface area contributed by atoms with Gasteiger partial charge < -0.3 is 0 Å². The Balaban J connectivity index is 2.28. The fourth-order valence-electron chi connectivity index (χ4n) is 1.35. The molecular formula is C11H11BrClN3. The number of hydrogen-bond donors (Lipinski definition) is 0. The summed E-state index contributed by atoms with van der Waals surface area (Å²) in [5.74, 6) is 0. The van der Waals surface area contributed by atoms with E-state index in [1.54, 1.807) is 4.68 Å². The summed E-state index contributed by atoms with van der Waals surface area (Å²) in [4.78, 5) is 0.258. The van der Waals surface area contributed by atoms with Crippen LogP contribution in [0, 0.1) is 0 Å². The van der Waals surface area contributed by atoms with Crippen LogP contribution in [0.1, 0.15) is 23.9 Å². The van der Waals surface area contributed by atoms with E-state index < -0.39 is 0 Å². The summed E-state index contributed by atoms with van der Waals surface area (Å²) < 4.78 is 1.75. The van der Waals surface area contributed by atoms with Gasteiger partial charge >= 0.3 is 0 Å². The Hall–Kier alpha value is -0.870. The number of benzene rings is 1. The molecule has 0 saturated carbocycles. The standard InChI is InChI=1S/C11H11BrClN3/c1-2-10(12)11-7-16(15-14-11)9-5-3-8(13)4-6-9/h3-7,10H,2H2,1H3. The second-order valence-corrected chi connectivity index (χ2v) is 4.98. The first kappa shape index (κ1) is 11.6. The summed E-state index contributed by atoms with van der Waals surface area (Å²) in [6.45, 7) is 2.10. The molecule has 0 radical (unpaired) electrons. The van der Waals surface area contributed by atoms with Crippen molar-refractivity contribution in [3.63, 3.8) is 0 Å². The topological polar surface area (TPSA) is 30.7 Å². The molecule has 0 amide bonds. The molecule has 2 aromatic rings. The summed E-state index contributed by atoms with van der Waals surface area (Å²) in [7, 11) is 0. The minimum absolute atomic E-state index is 0.258. The number of aromatic nitrogens is 3. The van der Waals surface area contributed by atoms with E-state index >= 15 is 0 Å². The third-order valence-corrected chi connectivity index (χ3v) is 3.65. The van der Waals surface area contributed by atoms with E-state index in [0.717, 1.165) is 22.8 Å². The molecule has 0 bridgehead atoms. The monoisotopic (exact) mass is 299 g/mol. The Morgan fingerprint density at radius 1 is 1.38 bits per heavy atom. The quantitative estimate of drug-likeness (QED) is 0.808. The van der Waals surface area contributed by atoms with Gasteiger partial charge in [-0.05, 0) is 30.7 Å². The van der Waals surface area contributed by atoms with Crippen molar-refractivity contribution >= 4 is 27.5 Å². The Morgan fingerprint density at radius 2 is 2.06 bits per heavy atom. The zero-order chi connectivity index (χ0) is 11.5. The first-order valence-corrected chi connectivity index (χ1v) is 6.32. The zero-order valence-electron chi connectivity index (χ0n) is 8.77. The highest BCUT2D eigenvalue weighted by molar-refractivity contribution is 9.09. The Kier molecular flexibility index (Phi) is 3.61. The SMILES string of the molecule is CCC(Br)c1cn(-c2ccc(Cl)cc2)nn1. The maximum absolute atomic E-state index is 5.82. The third kappa shape index (κ3) is 2.44. The maximum atomic E-state index is 5.82. The summed E-state index contributed by atoms with van der Waals surface area (Å²) in [5, 5.41) is 8.92. The first-order chi connectivity index (χ1) is 7.70. The van der Waals surface area contributed by atoms with Crippen molar-refractivity contribution in [2.24, 2.45) is 0 Å². The van der Waals surface area contributed by atoms with Crippen LogP contribution >= 0.6 is 27.5 Å². The molecule has 2 rings (SSSR count). The van der Waals surface area contributed by atoms with E-state index in [-0.39, 0.29) is 4.83 Å². The second-order valence-electron chi connectivity index (χ2n) is 3.44. The molecule has 1 unspecified atom stereocenters. The molecule has 84 valence electrons. The first-order valence-electron chi connectivity index (χ1n) is 5.03. The van der Waals surface area contributed by atoms with Crippen molar-refractivity contribution in [2.45, 2.75) is 18.2 Å². The van der Waals surface area contributed by atoms with Gasteiger partial charge in [0, 0.05) is 5.02 Å². The summed E-state index contributed by atoms with van der Waals surface area (Å²) in [6.07, 6.45) is 2.91. The minimum Gasteiger partial charge on any atom is -0.220 e. The van der Waals surface area contributed by atoms with Gasteiger partial charge in [-0.3, -0.25) is 0 Å². The fraction of sp³-hybridized carbons (Fsp3) is 0.273. The van der Waals surface area contributed by atoms with Gasteiger partial charge in [0.15, 0.2) is 0 Å². The number of rotatable bonds is 3. The van der Waals surface area contributed by atoms with Crippen molar-refractivity contribution in [3.05, 3.63) is 41.2 Å². The van der Waals surface area contributed by atoms with Crippen LogP contribution in [-0.2, 0) is 0 Å². The van der Waals surface area contributed by atoms with Crippen LogP contribution < -0.4 is 0 Å². The molecule has 1 aromatic heterocycles. The lowest BCUT2D eigenvalue weighted by molar-refractivity contribution is 0.790. The van der Waals surface area contributed by atoms with E-state index in [9.17, 15) is 0 Å². The lowest BCUT2D eigenvalue weighted by Crippen LogP contribution is -1.93. The average Bonchev–Trinajstić information content (AvgIpc) is 2.78. The normalized spacial score (nSPS) is 12.7. The predicted octanol–water partition coefficient (Wildman–Crippen LogP) is 3.77. The van der Waals surface area contributed by atoms with Gasteiger partial charge in [-0.2, -0.15) is 0 Å². The van der Waals surface area contributed by atoms with Gasteiger partial charge in [0.25, 0.3) is 0 Å². The van der Waals surface area contributed by atoms with Gasteiger partial charge in [-0.25, -0.2) is 4.68 Å². The number of nitrogens with zero attached hydrogens (tertiary/aromatic N) is 3. The largest absolute Gasteiger partial charge is 0.220 e. The van der Waals surface area contributed by atoms with Crippen LogP contribution in [-0.4, -0.2) is 15.0 Å². The number of alkyl halides is 1. The van der Waals surface area contributed by atoms with Crippen LogP contribution in [0.15, 0.2) is 30.5 Å². The molecule has 0 fully saturated rings. The maximum Gasteiger partial charge on any atom is 0.0967 e. The van der Waals surface area contributed by atoms with Crippen molar-refractivity contribution < 1.29 is 0 Å². The van der Waals surface area contributed by atoms with Gasteiger partial charge in [0.05, 0.1) is 22.4 Å².